The van der Waals surface area contributed by atoms with Gasteiger partial charge in [0.05, 0.1) is 5.70 Å². The first-order valence-corrected chi connectivity index (χ1v) is 3.42. The molecule has 61 valence electrons. The fraction of sp³-hybridized carbons (Fsp3) is 0. The monoisotopic (exact) mass is 161 g/mol. The fourth-order valence-corrected chi connectivity index (χ4v) is 0.674. The molecule has 3 nitrogen and oxygen atoms in total. The van der Waals surface area contributed by atoms with Gasteiger partial charge in [-0.3, -0.25) is 4.79 Å². The minimum atomic E-state index is -0.391. The van der Waals surface area contributed by atoms with Gasteiger partial charge in [-0.15, -0.1) is 0 Å². The number of hydrogen-bond donors (Lipinski definition) is 2. The number of carbonyl (C=O) groups is 1. The molecule has 0 saturated carbocycles. The van der Waals surface area contributed by atoms with Gasteiger partial charge >= 0.3 is 0 Å². The molecule has 3 heteroatoms. The lowest BCUT2D eigenvalue weighted by molar-refractivity contribution is -0.112. The van der Waals surface area contributed by atoms with Crippen molar-refractivity contribution in [1.82, 2.24) is 0 Å². The van der Waals surface area contributed by atoms with Crippen LogP contribution in [-0.4, -0.2) is 5.91 Å². The normalized spacial score (nSPS) is 9.00. The first-order valence-electron chi connectivity index (χ1n) is 3.42. The second-order valence-electron chi connectivity index (χ2n) is 2.26. The van der Waals surface area contributed by atoms with Gasteiger partial charge in [0.15, 0.2) is 0 Å². The van der Waals surface area contributed by atoms with Crippen molar-refractivity contribution >= 4 is 11.6 Å². The molecule has 1 radical (unpaired) electrons. The molecule has 0 aliphatic carbocycles. The molecule has 0 atom stereocenters. The maximum absolute atomic E-state index is 11.0. The van der Waals surface area contributed by atoms with Crippen LogP contribution >= 0.6 is 0 Å². The fourth-order valence-electron chi connectivity index (χ4n) is 0.674. The zero-order valence-electron chi connectivity index (χ0n) is 6.50. The summed E-state index contributed by atoms with van der Waals surface area (Å²) < 4.78 is 0. The summed E-state index contributed by atoms with van der Waals surface area (Å²) in [5, 5.41) is 2.52. The Morgan fingerprint density at radius 2 is 2.33 bits per heavy atom. The van der Waals surface area contributed by atoms with Crippen LogP contribution in [0, 0.1) is 6.07 Å². The minimum Gasteiger partial charge on any atom is -0.395 e. The second kappa shape index (κ2) is 3.57. The van der Waals surface area contributed by atoms with Crippen LogP contribution in [0.3, 0.4) is 0 Å². The quantitative estimate of drug-likeness (QED) is 0.633. The molecule has 0 bridgehead atoms. The van der Waals surface area contributed by atoms with E-state index >= 15 is 0 Å². The number of anilines is 1. The Morgan fingerprint density at radius 1 is 1.58 bits per heavy atom. The molecule has 1 rings (SSSR count). The van der Waals surface area contributed by atoms with Crippen molar-refractivity contribution in [2.24, 2.45) is 5.73 Å². The first-order chi connectivity index (χ1) is 5.70. The van der Waals surface area contributed by atoms with E-state index in [0.717, 1.165) is 0 Å². The highest BCUT2D eigenvalue weighted by molar-refractivity contribution is 6.02. The van der Waals surface area contributed by atoms with Crippen LogP contribution in [0.25, 0.3) is 0 Å². The van der Waals surface area contributed by atoms with Crippen LogP contribution in [0.1, 0.15) is 0 Å². The zero-order valence-corrected chi connectivity index (χ0v) is 6.50. The third-order valence-electron chi connectivity index (χ3n) is 1.25. The van der Waals surface area contributed by atoms with Crippen molar-refractivity contribution in [3.8, 4) is 0 Å². The standard InChI is InChI=1S/C9H9N2O/c1-7(10)9(12)11-8-5-3-2-4-6-8/h2-5H,1,10H2,(H,11,12). The molecule has 0 fully saturated rings. The highest BCUT2D eigenvalue weighted by Crippen LogP contribution is 2.03. The van der Waals surface area contributed by atoms with Crippen molar-refractivity contribution in [1.29, 1.82) is 0 Å². The van der Waals surface area contributed by atoms with E-state index in [1.165, 1.54) is 0 Å². The van der Waals surface area contributed by atoms with E-state index in [9.17, 15) is 4.79 Å². The van der Waals surface area contributed by atoms with Crippen LogP contribution in [0.15, 0.2) is 36.5 Å². The molecule has 0 heterocycles. The van der Waals surface area contributed by atoms with Crippen LogP contribution in [0.5, 0.6) is 0 Å². The molecule has 1 aromatic rings. The van der Waals surface area contributed by atoms with Gasteiger partial charge in [-0.2, -0.15) is 0 Å². The van der Waals surface area contributed by atoms with Gasteiger partial charge in [-0.1, -0.05) is 24.8 Å². The topological polar surface area (TPSA) is 55.1 Å². The molecule has 0 aliphatic rings. The zero-order chi connectivity index (χ0) is 8.97. The van der Waals surface area contributed by atoms with Crippen LogP contribution in [0.2, 0.25) is 0 Å². The predicted molar refractivity (Wildman–Crippen MR) is 47.2 cm³/mol. The van der Waals surface area contributed by atoms with Crippen molar-refractivity contribution in [2.45, 2.75) is 0 Å². The third-order valence-corrected chi connectivity index (χ3v) is 1.25. The summed E-state index contributed by atoms with van der Waals surface area (Å²) in [6.45, 7) is 3.30. The lowest BCUT2D eigenvalue weighted by Gasteiger charge is -2.02. The Morgan fingerprint density at radius 3 is 2.83 bits per heavy atom. The van der Waals surface area contributed by atoms with E-state index in [1.807, 2.05) is 6.07 Å². The minimum absolute atomic E-state index is 0.00717. The average molecular weight is 161 g/mol. The van der Waals surface area contributed by atoms with Gasteiger partial charge in [0, 0.05) is 11.8 Å². The van der Waals surface area contributed by atoms with Crippen LogP contribution in [0.4, 0.5) is 5.69 Å². The first kappa shape index (κ1) is 8.33. The largest absolute Gasteiger partial charge is 0.395 e. The molecule has 0 aromatic heterocycles. The van der Waals surface area contributed by atoms with E-state index in [1.54, 1.807) is 18.2 Å². The van der Waals surface area contributed by atoms with Crippen molar-refractivity contribution < 1.29 is 4.79 Å². The van der Waals surface area contributed by atoms with E-state index in [2.05, 4.69) is 18.0 Å². The Balaban J connectivity index is 2.65. The summed E-state index contributed by atoms with van der Waals surface area (Å²) in [6, 6.07) is 9.86. The number of nitrogens with two attached hydrogens (primary N) is 1. The molecule has 0 aliphatic heterocycles. The van der Waals surface area contributed by atoms with E-state index in [4.69, 9.17) is 5.73 Å². The Kier molecular flexibility index (Phi) is 2.48. The molecule has 1 amide bonds. The lowest BCUT2D eigenvalue weighted by atomic mass is 10.3. The lowest BCUT2D eigenvalue weighted by Crippen LogP contribution is -2.18. The molecule has 1 aromatic carbocycles. The Hall–Kier alpha value is -1.77. The van der Waals surface area contributed by atoms with Gasteiger partial charge in [0.2, 0.25) is 0 Å². The third kappa shape index (κ3) is 2.12. The molecule has 0 unspecified atom stereocenters. The molecule has 12 heavy (non-hydrogen) atoms. The molecular weight excluding hydrogens is 152 g/mol. The van der Waals surface area contributed by atoms with Gasteiger partial charge in [0.1, 0.15) is 0 Å². The summed E-state index contributed by atoms with van der Waals surface area (Å²) in [5.41, 5.74) is 5.75. The number of nitrogens with one attached hydrogen (secondary N) is 1. The number of carbonyl (C=O) groups excluding carboxylic acids is 1. The van der Waals surface area contributed by atoms with Crippen LogP contribution < -0.4 is 11.1 Å². The van der Waals surface area contributed by atoms with Crippen molar-refractivity contribution in [3.63, 3.8) is 0 Å². The summed E-state index contributed by atoms with van der Waals surface area (Å²) in [7, 11) is 0. The maximum atomic E-state index is 11.0. The number of amides is 1. The Bertz CT molecular complexity index is 293. The maximum Gasteiger partial charge on any atom is 0.270 e. The molecular formula is C9H9N2O. The number of para-hydroxylation sites is 1. The summed E-state index contributed by atoms with van der Waals surface area (Å²) in [4.78, 5) is 11.0. The summed E-state index contributed by atoms with van der Waals surface area (Å²) in [6.07, 6.45) is 0. The summed E-state index contributed by atoms with van der Waals surface area (Å²) >= 11 is 0. The van der Waals surface area contributed by atoms with Gasteiger partial charge in [-0.25, -0.2) is 0 Å². The van der Waals surface area contributed by atoms with Gasteiger partial charge < -0.3 is 11.1 Å². The highest BCUT2D eigenvalue weighted by atomic mass is 16.1. The number of hydrogen-bond acceptors (Lipinski definition) is 2. The van der Waals surface area contributed by atoms with E-state index in [0.29, 0.717) is 5.69 Å². The molecule has 0 saturated heterocycles. The summed E-state index contributed by atoms with van der Waals surface area (Å²) in [5.74, 6) is -0.391. The van der Waals surface area contributed by atoms with Crippen molar-refractivity contribution in [2.75, 3.05) is 5.32 Å². The SMILES string of the molecule is C=C(N)C(=O)Nc1[c]cccc1. The van der Waals surface area contributed by atoms with Crippen molar-refractivity contribution in [3.05, 3.63) is 42.6 Å². The Labute approximate surface area is 70.9 Å². The predicted octanol–water partition coefficient (Wildman–Crippen LogP) is 0.898. The molecule has 0 spiro atoms. The van der Waals surface area contributed by atoms with Gasteiger partial charge in [0.25, 0.3) is 5.91 Å². The highest BCUT2D eigenvalue weighted by Gasteiger charge is 2.01. The second-order valence-corrected chi connectivity index (χ2v) is 2.26. The van der Waals surface area contributed by atoms with Gasteiger partial charge in [-0.05, 0) is 6.07 Å². The average Bonchev–Trinajstić information content (AvgIpc) is 2.06. The van der Waals surface area contributed by atoms with Crippen LogP contribution in [-0.2, 0) is 4.79 Å². The van der Waals surface area contributed by atoms with E-state index in [-0.39, 0.29) is 5.70 Å². The van der Waals surface area contributed by atoms with E-state index < -0.39 is 5.91 Å². The number of rotatable bonds is 2. The molecule has 3 N–H and O–H groups in total. The smallest absolute Gasteiger partial charge is 0.270 e. The number of benzene rings is 1.